The van der Waals surface area contributed by atoms with E-state index in [1.807, 2.05) is 19.9 Å². The summed E-state index contributed by atoms with van der Waals surface area (Å²) < 4.78 is 16.5. The van der Waals surface area contributed by atoms with Crippen molar-refractivity contribution >= 4 is 34.7 Å². The van der Waals surface area contributed by atoms with Crippen LogP contribution in [-0.2, 0) is 9.59 Å². The van der Waals surface area contributed by atoms with Crippen molar-refractivity contribution in [3.63, 3.8) is 0 Å². The minimum atomic E-state index is -0.928. The maximum absolute atomic E-state index is 13.5. The molecule has 0 saturated carbocycles. The quantitative estimate of drug-likeness (QED) is 0.220. The van der Waals surface area contributed by atoms with E-state index in [0.29, 0.717) is 29.4 Å². The van der Waals surface area contributed by atoms with Crippen LogP contribution in [0.1, 0.15) is 36.1 Å². The summed E-state index contributed by atoms with van der Waals surface area (Å²) in [5.74, 6) is -0.560. The predicted octanol–water partition coefficient (Wildman–Crippen LogP) is 6.08. The summed E-state index contributed by atoms with van der Waals surface area (Å²) in [5.41, 5.74) is 1.98. The zero-order valence-electron chi connectivity index (χ0n) is 21.1. The molecular weight excluding hydrogens is 494 g/mol. The first-order chi connectivity index (χ1) is 17.8. The Labute approximate surface area is 220 Å². The third-order valence-corrected chi connectivity index (χ3v) is 6.37. The topological polar surface area (TPSA) is 85.3 Å². The number of aryl methyl sites for hydroxylation is 1. The van der Waals surface area contributed by atoms with Gasteiger partial charge in [-0.15, -0.1) is 0 Å². The fourth-order valence-corrected chi connectivity index (χ4v) is 4.76. The van der Waals surface area contributed by atoms with Crippen molar-refractivity contribution in [3.8, 4) is 17.2 Å². The van der Waals surface area contributed by atoms with Crippen LogP contribution >= 0.6 is 11.6 Å². The van der Waals surface area contributed by atoms with Gasteiger partial charge in [-0.3, -0.25) is 14.5 Å². The monoisotopic (exact) mass is 521 g/mol. The van der Waals surface area contributed by atoms with Gasteiger partial charge in [0.25, 0.3) is 11.7 Å². The summed E-state index contributed by atoms with van der Waals surface area (Å²) in [6.45, 7) is 4.33. The van der Waals surface area contributed by atoms with Gasteiger partial charge in [-0.2, -0.15) is 0 Å². The Hall–Kier alpha value is -3.97. The van der Waals surface area contributed by atoms with Gasteiger partial charge in [-0.05, 0) is 73.0 Å². The SMILES string of the molecule is CCCOc1cccc(C2/C(=C(\O)c3cc(C)cc(Cl)c3OC)C(=O)C(=O)N2c2ccc(OC)cc2)c1. The van der Waals surface area contributed by atoms with Crippen LogP contribution in [0.25, 0.3) is 5.76 Å². The van der Waals surface area contributed by atoms with E-state index in [0.717, 1.165) is 12.0 Å². The van der Waals surface area contributed by atoms with Crippen LogP contribution in [-0.4, -0.2) is 37.6 Å². The molecule has 0 bridgehead atoms. The molecule has 1 heterocycles. The Kier molecular flexibility index (Phi) is 7.74. The number of aliphatic hydroxyl groups is 1. The van der Waals surface area contributed by atoms with Crippen molar-refractivity contribution in [2.45, 2.75) is 26.3 Å². The molecule has 1 amide bonds. The summed E-state index contributed by atoms with van der Waals surface area (Å²) in [6.07, 6.45) is 0.822. The van der Waals surface area contributed by atoms with Gasteiger partial charge in [-0.1, -0.05) is 30.7 Å². The molecule has 192 valence electrons. The summed E-state index contributed by atoms with van der Waals surface area (Å²) >= 11 is 6.38. The number of benzene rings is 3. The number of hydrogen-bond acceptors (Lipinski definition) is 6. The van der Waals surface area contributed by atoms with Gasteiger partial charge in [-0.25, -0.2) is 0 Å². The molecule has 7 nitrogen and oxygen atoms in total. The van der Waals surface area contributed by atoms with Crippen LogP contribution in [0, 0.1) is 6.92 Å². The molecule has 0 spiro atoms. The van der Waals surface area contributed by atoms with E-state index in [4.69, 9.17) is 25.8 Å². The maximum Gasteiger partial charge on any atom is 0.300 e. The average molecular weight is 522 g/mol. The number of rotatable bonds is 8. The number of amides is 1. The van der Waals surface area contributed by atoms with Gasteiger partial charge in [0, 0.05) is 5.69 Å². The number of hydrogen-bond donors (Lipinski definition) is 1. The number of halogens is 1. The van der Waals surface area contributed by atoms with Crippen molar-refractivity contribution in [1.29, 1.82) is 0 Å². The molecule has 3 aromatic rings. The lowest BCUT2D eigenvalue weighted by atomic mass is 9.94. The number of anilines is 1. The third-order valence-electron chi connectivity index (χ3n) is 6.09. The van der Waals surface area contributed by atoms with E-state index < -0.39 is 17.7 Å². The molecule has 1 saturated heterocycles. The minimum Gasteiger partial charge on any atom is -0.507 e. The van der Waals surface area contributed by atoms with Gasteiger partial charge in [0.15, 0.2) is 0 Å². The van der Waals surface area contributed by atoms with E-state index in [1.54, 1.807) is 61.7 Å². The molecule has 0 aromatic heterocycles. The zero-order chi connectivity index (χ0) is 26.7. The number of methoxy groups -OCH3 is 2. The highest BCUT2D eigenvalue weighted by Crippen LogP contribution is 2.45. The Morgan fingerprint density at radius 1 is 1.00 bits per heavy atom. The predicted molar refractivity (Wildman–Crippen MR) is 143 cm³/mol. The first kappa shape index (κ1) is 26.1. The molecule has 1 aliphatic heterocycles. The number of carbonyl (C=O) groups is 2. The lowest BCUT2D eigenvalue weighted by Gasteiger charge is -2.26. The Bertz CT molecular complexity index is 1370. The summed E-state index contributed by atoms with van der Waals surface area (Å²) in [6, 6.07) is 16.4. The smallest absolute Gasteiger partial charge is 0.300 e. The lowest BCUT2D eigenvalue weighted by Crippen LogP contribution is -2.29. The molecular formula is C29H28ClNO6. The Morgan fingerprint density at radius 2 is 1.73 bits per heavy atom. The second-order valence-electron chi connectivity index (χ2n) is 8.62. The summed E-state index contributed by atoms with van der Waals surface area (Å²) in [5, 5.41) is 11.8. The van der Waals surface area contributed by atoms with Gasteiger partial charge < -0.3 is 19.3 Å². The van der Waals surface area contributed by atoms with Crippen LogP contribution < -0.4 is 19.1 Å². The number of ketones is 1. The molecule has 1 aliphatic rings. The molecule has 1 fully saturated rings. The number of Topliss-reactive ketones (excluding diaryl/α,β-unsaturated/α-hetero) is 1. The standard InChI is InChI=1S/C29H28ClNO6/c1-5-13-37-21-8-6-7-18(16-21)25-24(26(32)22-14-17(2)15-23(30)28(22)36-4)27(33)29(34)31(25)19-9-11-20(35-3)12-10-19/h6-12,14-16,25,32H,5,13H2,1-4H3/b26-24+. The fraction of sp³-hybridized carbons (Fsp3) is 0.241. The molecule has 1 unspecified atom stereocenters. The highest BCUT2D eigenvalue weighted by Gasteiger charge is 2.47. The normalized spacial score (nSPS) is 16.7. The van der Waals surface area contributed by atoms with E-state index in [1.165, 1.54) is 12.0 Å². The molecule has 0 radical (unpaired) electrons. The summed E-state index contributed by atoms with van der Waals surface area (Å²) in [7, 11) is 2.97. The molecule has 1 N–H and O–H groups in total. The second-order valence-corrected chi connectivity index (χ2v) is 9.02. The number of aliphatic hydroxyl groups excluding tert-OH is 1. The van der Waals surface area contributed by atoms with Gasteiger partial charge in [0.1, 0.15) is 23.0 Å². The molecule has 4 rings (SSSR count). The van der Waals surface area contributed by atoms with E-state index in [-0.39, 0.29) is 27.7 Å². The van der Waals surface area contributed by atoms with Crippen LogP contribution in [0.5, 0.6) is 17.2 Å². The molecule has 37 heavy (non-hydrogen) atoms. The largest absolute Gasteiger partial charge is 0.507 e. The molecule has 1 atom stereocenters. The van der Waals surface area contributed by atoms with E-state index >= 15 is 0 Å². The van der Waals surface area contributed by atoms with Crippen LogP contribution in [0.2, 0.25) is 5.02 Å². The van der Waals surface area contributed by atoms with Gasteiger partial charge >= 0.3 is 0 Å². The van der Waals surface area contributed by atoms with Crippen molar-refractivity contribution in [2.75, 3.05) is 25.7 Å². The van der Waals surface area contributed by atoms with Crippen molar-refractivity contribution in [1.82, 2.24) is 0 Å². The second kappa shape index (κ2) is 11.0. The maximum atomic E-state index is 13.5. The summed E-state index contributed by atoms with van der Waals surface area (Å²) in [4.78, 5) is 28.3. The van der Waals surface area contributed by atoms with Crippen molar-refractivity contribution in [3.05, 3.63) is 87.9 Å². The fourth-order valence-electron chi connectivity index (χ4n) is 4.41. The number of nitrogens with zero attached hydrogens (tertiary/aromatic N) is 1. The van der Waals surface area contributed by atoms with Crippen LogP contribution in [0.4, 0.5) is 5.69 Å². The Balaban J connectivity index is 1.96. The highest BCUT2D eigenvalue weighted by atomic mass is 35.5. The van der Waals surface area contributed by atoms with Crippen molar-refractivity contribution < 1.29 is 28.9 Å². The number of carbonyl (C=O) groups excluding carboxylic acids is 2. The van der Waals surface area contributed by atoms with E-state index in [2.05, 4.69) is 0 Å². The first-order valence-electron chi connectivity index (χ1n) is 11.8. The minimum absolute atomic E-state index is 0.0755. The average Bonchev–Trinajstić information content (AvgIpc) is 3.17. The molecule has 0 aliphatic carbocycles. The Morgan fingerprint density at radius 3 is 2.38 bits per heavy atom. The van der Waals surface area contributed by atoms with Gasteiger partial charge in [0.2, 0.25) is 0 Å². The lowest BCUT2D eigenvalue weighted by molar-refractivity contribution is -0.132. The van der Waals surface area contributed by atoms with Gasteiger partial charge in [0.05, 0.1) is 43.0 Å². The number of ether oxygens (including phenoxy) is 3. The van der Waals surface area contributed by atoms with Crippen LogP contribution in [0.15, 0.2) is 66.2 Å². The van der Waals surface area contributed by atoms with Crippen LogP contribution in [0.3, 0.4) is 0 Å². The highest BCUT2D eigenvalue weighted by molar-refractivity contribution is 6.51. The van der Waals surface area contributed by atoms with Crippen molar-refractivity contribution in [2.24, 2.45) is 0 Å². The first-order valence-corrected chi connectivity index (χ1v) is 12.2. The third kappa shape index (κ3) is 5.00. The molecule has 3 aromatic carbocycles. The molecule has 8 heteroatoms. The van der Waals surface area contributed by atoms with E-state index in [9.17, 15) is 14.7 Å². The zero-order valence-corrected chi connectivity index (χ0v) is 21.8.